The first-order valence-corrected chi connectivity index (χ1v) is 10.2. The molecule has 1 fully saturated rings. The summed E-state index contributed by atoms with van der Waals surface area (Å²) in [5, 5.41) is 2.31. The first kappa shape index (κ1) is 19.3. The quantitative estimate of drug-likeness (QED) is 0.619. The van der Waals surface area contributed by atoms with Crippen LogP contribution in [-0.2, 0) is 17.8 Å². The molecule has 0 saturated carbocycles. The molecule has 1 N–H and O–H groups in total. The van der Waals surface area contributed by atoms with Gasteiger partial charge in [0.25, 0.3) is 5.24 Å². The summed E-state index contributed by atoms with van der Waals surface area (Å²) in [5.41, 5.74) is 2.78. The molecular weight excluding hydrogens is 388 g/mol. The molecule has 1 aliphatic rings. The maximum Gasteiger partial charge on any atom is 0.287 e. The predicted octanol–water partition coefficient (Wildman–Crippen LogP) is 4.51. The van der Waals surface area contributed by atoms with E-state index in [1.807, 2.05) is 61.5 Å². The van der Waals surface area contributed by atoms with Crippen LogP contribution in [0.2, 0.25) is 0 Å². The van der Waals surface area contributed by atoms with Crippen molar-refractivity contribution in [2.24, 2.45) is 0 Å². The van der Waals surface area contributed by atoms with Crippen LogP contribution in [0.5, 0.6) is 5.75 Å². The summed E-state index contributed by atoms with van der Waals surface area (Å²) >= 11 is 0.749. The molecule has 0 spiro atoms. The van der Waals surface area contributed by atoms with Gasteiger partial charge in [-0.2, -0.15) is 0 Å². The van der Waals surface area contributed by atoms with Crippen molar-refractivity contribution >= 4 is 22.1 Å². The van der Waals surface area contributed by atoms with Gasteiger partial charge in [0.15, 0.2) is 0 Å². The Morgan fingerprint density at radius 3 is 2.55 bits per heavy atom. The maximum absolute atomic E-state index is 11.6. The smallest absolute Gasteiger partial charge is 0.287 e. The van der Waals surface area contributed by atoms with E-state index in [0.29, 0.717) is 25.3 Å². The van der Waals surface area contributed by atoms with Crippen LogP contribution >= 0.6 is 11.8 Å². The lowest BCUT2D eigenvalue weighted by Crippen LogP contribution is -2.29. The van der Waals surface area contributed by atoms with Gasteiger partial charge in [-0.3, -0.25) is 9.59 Å². The molecule has 0 aliphatic carbocycles. The number of rotatable bonds is 7. The van der Waals surface area contributed by atoms with E-state index in [2.05, 4.69) is 10.3 Å². The number of thioether (sulfide) groups is 1. The van der Waals surface area contributed by atoms with E-state index < -0.39 is 6.04 Å². The Bertz CT molecular complexity index is 1020. The van der Waals surface area contributed by atoms with E-state index in [-0.39, 0.29) is 10.4 Å². The first-order chi connectivity index (χ1) is 14.1. The zero-order valence-corrected chi connectivity index (χ0v) is 16.7. The molecule has 6 nitrogen and oxygen atoms in total. The molecule has 2 heterocycles. The van der Waals surface area contributed by atoms with Crippen LogP contribution in [-0.4, -0.2) is 21.4 Å². The number of oxazole rings is 1. The maximum atomic E-state index is 11.6. The zero-order valence-electron chi connectivity index (χ0n) is 15.9. The number of carbonyl (C=O) groups is 2. The molecular formula is C22H20N2O4S. The van der Waals surface area contributed by atoms with Gasteiger partial charge in [-0.05, 0) is 49.6 Å². The highest BCUT2D eigenvalue weighted by Gasteiger charge is 2.30. The number of aryl methyl sites for hydroxylation is 2. The summed E-state index contributed by atoms with van der Waals surface area (Å²) in [7, 11) is 0. The number of carbonyl (C=O) groups excluding carboxylic acids is 2. The lowest BCUT2D eigenvalue weighted by Gasteiger charge is -2.09. The lowest BCUT2D eigenvalue weighted by molar-refractivity contribution is -0.112. The SMILES string of the molecule is Cc1oc(-c2ccccc2)nc1COc1ccc(CCC2NC(=O)SC2=O)cc1. The summed E-state index contributed by atoms with van der Waals surface area (Å²) in [5.74, 6) is 2.06. The number of ether oxygens (including phenoxy) is 1. The third kappa shape index (κ3) is 4.68. The van der Waals surface area contributed by atoms with E-state index in [4.69, 9.17) is 9.15 Å². The fourth-order valence-electron chi connectivity index (χ4n) is 3.06. The summed E-state index contributed by atoms with van der Waals surface area (Å²) < 4.78 is 11.6. The van der Waals surface area contributed by atoms with Crippen LogP contribution in [0.25, 0.3) is 11.5 Å². The number of nitrogens with one attached hydrogen (secondary N) is 1. The predicted molar refractivity (Wildman–Crippen MR) is 111 cm³/mol. The molecule has 4 rings (SSSR count). The minimum absolute atomic E-state index is 0.104. The Balaban J connectivity index is 1.32. The average molecular weight is 408 g/mol. The fraction of sp³-hybridized carbons (Fsp3) is 0.227. The minimum Gasteiger partial charge on any atom is -0.487 e. The third-order valence-corrected chi connectivity index (χ3v) is 5.49. The zero-order chi connectivity index (χ0) is 20.2. The lowest BCUT2D eigenvalue weighted by atomic mass is 10.1. The van der Waals surface area contributed by atoms with E-state index in [9.17, 15) is 9.59 Å². The standard InChI is InChI=1S/C22H20N2O4S/c1-14-19(23-20(28-14)16-5-3-2-4-6-16)13-27-17-10-7-15(8-11-17)9-12-18-21(25)29-22(26)24-18/h2-8,10-11,18H,9,12-13H2,1H3,(H,24,26). The van der Waals surface area contributed by atoms with Crippen molar-refractivity contribution in [1.29, 1.82) is 0 Å². The van der Waals surface area contributed by atoms with Crippen molar-refractivity contribution in [3.05, 3.63) is 71.6 Å². The highest BCUT2D eigenvalue weighted by atomic mass is 32.2. The van der Waals surface area contributed by atoms with E-state index in [1.165, 1.54) is 0 Å². The van der Waals surface area contributed by atoms with Gasteiger partial charge in [0, 0.05) is 17.3 Å². The average Bonchev–Trinajstić information content (AvgIpc) is 3.27. The van der Waals surface area contributed by atoms with Crippen molar-refractivity contribution in [3.63, 3.8) is 0 Å². The third-order valence-electron chi connectivity index (χ3n) is 4.70. The number of amides is 1. The molecule has 7 heteroatoms. The highest BCUT2D eigenvalue weighted by Crippen LogP contribution is 2.23. The van der Waals surface area contributed by atoms with Gasteiger partial charge in [-0.1, -0.05) is 30.3 Å². The molecule has 0 bridgehead atoms. The second kappa shape index (κ2) is 8.53. The van der Waals surface area contributed by atoms with Gasteiger partial charge in [0.2, 0.25) is 11.0 Å². The molecule has 1 atom stereocenters. The Hall–Kier alpha value is -3.06. The van der Waals surface area contributed by atoms with Gasteiger partial charge in [-0.15, -0.1) is 0 Å². The molecule has 29 heavy (non-hydrogen) atoms. The molecule has 0 radical (unpaired) electrons. The first-order valence-electron chi connectivity index (χ1n) is 9.34. The summed E-state index contributed by atoms with van der Waals surface area (Å²) in [6, 6.07) is 17.1. The summed E-state index contributed by atoms with van der Waals surface area (Å²) in [4.78, 5) is 27.4. The Kier molecular flexibility index (Phi) is 5.67. The second-order valence-electron chi connectivity index (χ2n) is 6.76. The number of aromatic nitrogens is 1. The largest absolute Gasteiger partial charge is 0.487 e. The molecule has 1 aromatic heterocycles. The Morgan fingerprint density at radius 2 is 1.86 bits per heavy atom. The summed E-state index contributed by atoms with van der Waals surface area (Å²) in [6.45, 7) is 2.20. The van der Waals surface area contributed by atoms with Crippen molar-refractivity contribution in [1.82, 2.24) is 10.3 Å². The molecule has 2 aromatic carbocycles. The molecule has 1 saturated heterocycles. The summed E-state index contributed by atoms with van der Waals surface area (Å²) in [6.07, 6.45) is 1.30. The minimum atomic E-state index is -0.391. The van der Waals surface area contributed by atoms with Gasteiger partial charge in [-0.25, -0.2) is 4.98 Å². The highest BCUT2D eigenvalue weighted by molar-refractivity contribution is 8.26. The van der Waals surface area contributed by atoms with Gasteiger partial charge in [0.05, 0.1) is 6.04 Å². The van der Waals surface area contributed by atoms with E-state index >= 15 is 0 Å². The van der Waals surface area contributed by atoms with E-state index in [1.54, 1.807) is 0 Å². The van der Waals surface area contributed by atoms with Crippen molar-refractivity contribution in [3.8, 4) is 17.2 Å². The van der Waals surface area contributed by atoms with Crippen molar-refractivity contribution in [2.45, 2.75) is 32.4 Å². The van der Waals surface area contributed by atoms with Gasteiger partial charge in [0.1, 0.15) is 23.8 Å². The van der Waals surface area contributed by atoms with Crippen molar-refractivity contribution in [2.75, 3.05) is 0 Å². The normalized spacial score (nSPS) is 16.1. The Morgan fingerprint density at radius 1 is 1.10 bits per heavy atom. The topological polar surface area (TPSA) is 81.4 Å². The van der Waals surface area contributed by atoms with Crippen LogP contribution in [0.3, 0.4) is 0 Å². The fourth-order valence-corrected chi connectivity index (χ4v) is 3.77. The molecule has 3 aromatic rings. The molecule has 1 unspecified atom stereocenters. The number of hydrogen-bond donors (Lipinski definition) is 1. The number of hydrogen-bond acceptors (Lipinski definition) is 6. The monoisotopic (exact) mass is 408 g/mol. The van der Waals surface area contributed by atoms with Crippen LogP contribution in [0, 0.1) is 6.92 Å². The number of benzene rings is 2. The van der Waals surface area contributed by atoms with Crippen LogP contribution in [0.4, 0.5) is 4.79 Å². The van der Waals surface area contributed by atoms with Crippen LogP contribution in [0.15, 0.2) is 59.0 Å². The molecule has 1 amide bonds. The van der Waals surface area contributed by atoms with Crippen molar-refractivity contribution < 1.29 is 18.7 Å². The molecule has 1 aliphatic heterocycles. The number of nitrogens with zero attached hydrogens (tertiary/aromatic N) is 1. The van der Waals surface area contributed by atoms with Gasteiger partial charge < -0.3 is 14.5 Å². The van der Waals surface area contributed by atoms with Crippen LogP contribution < -0.4 is 10.1 Å². The van der Waals surface area contributed by atoms with Gasteiger partial charge >= 0.3 is 0 Å². The Labute approximate surface area is 172 Å². The van der Waals surface area contributed by atoms with E-state index in [0.717, 1.165) is 40.1 Å². The molecule has 148 valence electrons. The van der Waals surface area contributed by atoms with Crippen LogP contribution in [0.1, 0.15) is 23.4 Å². The second-order valence-corrected chi connectivity index (χ2v) is 7.74.